The Bertz CT molecular complexity index is 532. The zero-order valence-electron chi connectivity index (χ0n) is 10.9. The van der Waals surface area contributed by atoms with E-state index in [-0.39, 0.29) is 17.0 Å². The predicted octanol–water partition coefficient (Wildman–Crippen LogP) is -0.0397. The van der Waals surface area contributed by atoms with Crippen LogP contribution in [0.25, 0.3) is 0 Å². The zero-order chi connectivity index (χ0) is 13.9. The normalized spacial score (nSPS) is 23.5. The second-order valence-electron chi connectivity index (χ2n) is 4.34. The molecule has 1 aliphatic heterocycles. The van der Waals surface area contributed by atoms with Gasteiger partial charge in [-0.2, -0.15) is 0 Å². The van der Waals surface area contributed by atoms with Gasteiger partial charge in [0.05, 0.1) is 24.2 Å². The Balaban J connectivity index is 2.17. The van der Waals surface area contributed by atoms with Crippen LogP contribution in [-0.2, 0) is 14.8 Å². The fourth-order valence-electron chi connectivity index (χ4n) is 2.06. The molecule has 0 saturated carbocycles. The first-order valence-electron chi connectivity index (χ1n) is 5.96. The van der Waals surface area contributed by atoms with Gasteiger partial charge < -0.3 is 14.8 Å². The van der Waals surface area contributed by atoms with Crippen LogP contribution < -0.4 is 14.8 Å². The summed E-state index contributed by atoms with van der Waals surface area (Å²) in [5, 5.41) is 3.09. The van der Waals surface area contributed by atoms with E-state index in [4.69, 9.17) is 9.47 Å². The first-order valence-corrected chi connectivity index (χ1v) is 7.45. The van der Waals surface area contributed by atoms with E-state index in [0.717, 1.165) is 0 Å². The van der Waals surface area contributed by atoms with Gasteiger partial charge in [0.2, 0.25) is 10.0 Å². The molecule has 0 aliphatic carbocycles. The van der Waals surface area contributed by atoms with Crippen molar-refractivity contribution in [3.63, 3.8) is 0 Å². The van der Waals surface area contributed by atoms with Crippen molar-refractivity contribution in [3.05, 3.63) is 24.3 Å². The van der Waals surface area contributed by atoms with Gasteiger partial charge in [-0.15, -0.1) is 0 Å². The Morgan fingerprint density at radius 2 is 2.11 bits per heavy atom. The Kier molecular flexibility index (Phi) is 4.41. The predicted molar refractivity (Wildman–Crippen MR) is 70.8 cm³/mol. The van der Waals surface area contributed by atoms with Crippen molar-refractivity contribution in [2.45, 2.75) is 17.0 Å². The van der Waals surface area contributed by atoms with E-state index in [1.165, 1.54) is 19.2 Å². The first kappa shape index (κ1) is 14.3. The molecule has 1 saturated heterocycles. The lowest BCUT2D eigenvalue weighted by Gasteiger charge is -2.18. The van der Waals surface area contributed by atoms with Gasteiger partial charge in [-0.05, 0) is 12.1 Å². The molecule has 1 aromatic rings. The van der Waals surface area contributed by atoms with Crippen LogP contribution in [0.4, 0.5) is 0 Å². The van der Waals surface area contributed by atoms with E-state index in [1.807, 2.05) is 0 Å². The van der Waals surface area contributed by atoms with Gasteiger partial charge in [0.15, 0.2) is 0 Å². The van der Waals surface area contributed by atoms with Gasteiger partial charge in [0.1, 0.15) is 5.75 Å². The first-order chi connectivity index (χ1) is 9.06. The van der Waals surface area contributed by atoms with Crippen LogP contribution in [0.2, 0.25) is 0 Å². The Hall–Kier alpha value is -1.15. The van der Waals surface area contributed by atoms with Crippen LogP contribution in [0.5, 0.6) is 5.75 Å². The fourth-order valence-corrected chi connectivity index (χ4v) is 3.35. The van der Waals surface area contributed by atoms with Gasteiger partial charge >= 0.3 is 0 Å². The van der Waals surface area contributed by atoms with Crippen LogP contribution >= 0.6 is 0 Å². The lowest BCUT2D eigenvalue weighted by Crippen LogP contribution is -2.43. The molecule has 0 bridgehead atoms. The molecule has 19 heavy (non-hydrogen) atoms. The lowest BCUT2D eigenvalue weighted by molar-refractivity contribution is 0.103. The summed E-state index contributed by atoms with van der Waals surface area (Å²) in [6.45, 7) is 1.20. The van der Waals surface area contributed by atoms with E-state index in [9.17, 15) is 8.42 Å². The number of benzene rings is 1. The summed E-state index contributed by atoms with van der Waals surface area (Å²) in [5.74, 6) is 0.510. The van der Waals surface area contributed by atoms with Gasteiger partial charge in [0, 0.05) is 26.3 Å². The van der Waals surface area contributed by atoms with E-state index in [2.05, 4.69) is 10.0 Å². The molecule has 1 unspecified atom stereocenters. The molecule has 7 heteroatoms. The largest absolute Gasteiger partial charge is 0.497 e. The highest BCUT2D eigenvalue weighted by Crippen LogP contribution is 2.18. The Labute approximate surface area is 113 Å². The monoisotopic (exact) mass is 286 g/mol. The molecule has 1 heterocycles. The number of nitrogens with one attached hydrogen (secondary N) is 2. The third kappa shape index (κ3) is 3.24. The van der Waals surface area contributed by atoms with Crippen LogP contribution in [0, 0.1) is 0 Å². The van der Waals surface area contributed by atoms with Crippen LogP contribution in [0.15, 0.2) is 29.2 Å². The van der Waals surface area contributed by atoms with Gasteiger partial charge in [-0.3, -0.25) is 0 Å². The van der Waals surface area contributed by atoms with Gasteiger partial charge in [0.25, 0.3) is 0 Å². The zero-order valence-corrected chi connectivity index (χ0v) is 11.7. The average Bonchev–Trinajstić information content (AvgIpc) is 2.85. The maximum atomic E-state index is 12.3. The fraction of sp³-hybridized carbons (Fsp3) is 0.500. The van der Waals surface area contributed by atoms with E-state index < -0.39 is 10.0 Å². The maximum Gasteiger partial charge on any atom is 0.241 e. The minimum absolute atomic E-state index is 0.152. The smallest absolute Gasteiger partial charge is 0.241 e. The van der Waals surface area contributed by atoms with Crippen LogP contribution in [0.1, 0.15) is 0 Å². The molecule has 1 fully saturated rings. The van der Waals surface area contributed by atoms with E-state index in [1.54, 1.807) is 19.2 Å². The molecule has 2 atom stereocenters. The van der Waals surface area contributed by atoms with Crippen molar-refractivity contribution in [1.82, 2.24) is 10.0 Å². The molecule has 0 radical (unpaired) electrons. The summed E-state index contributed by atoms with van der Waals surface area (Å²) in [4.78, 5) is 0.189. The molecule has 1 aliphatic rings. The summed E-state index contributed by atoms with van der Waals surface area (Å²) >= 11 is 0. The number of sulfonamides is 1. The van der Waals surface area contributed by atoms with Crippen molar-refractivity contribution in [2.75, 3.05) is 27.3 Å². The molecule has 2 rings (SSSR count). The molecule has 106 valence electrons. The highest BCUT2D eigenvalue weighted by molar-refractivity contribution is 7.89. The summed E-state index contributed by atoms with van der Waals surface area (Å²) in [5.41, 5.74) is 0. The Morgan fingerprint density at radius 1 is 1.32 bits per heavy atom. The topological polar surface area (TPSA) is 76.7 Å². The minimum atomic E-state index is -3.57. The quantitative estimate of drug-likeness (QED) is 0.794. The van der Waals surface area contributed by atoms with Crippen molar-refractivity contribution in [2.24, 2.45) is 0 Å². The number of methoxy groups -OCH3 is 2. The van der Waals surface area contributed by atoms with Crippen LogP contribution in [0.3, 0.4) is 0 Å². The van der Waals surface area contributed by atoms with E-state index in [0.29, 0.717) is 18.8 Å². The standard InChI is InChI=1S/C12H18N2O4S/c1-17-9-4-3-5-10(6-9)19(15,16)14-11-7-13-8-12(11)18-2/h3-6,11-14H,7-8H2,1-2H3/t11?,12-/m0/s1. The molecule has 0 amide bonds. The summed E-state index contributed by atoms with van der Waals surface area (Å²) in [6.07, 6.45) is -0.152. The van der Waals surface area contributed by atoms with Crippen molar-refractivity contribution in [1.29, 1.82) is 0 Å². The highest BCUT2D eigenvalue weighted by atomic mass is 32.2. The third-order valence-electron chi connectivity index (χ3n) is 3.12. The number of hydrogen-bond donors (Lipinski definition) is 2. The number of rotatable bonds is 5. The molecule has 0 spiro atoms. The van der Waals surface area contributed by atoms with Crippen molar-refractivity contribution >= 4 is 10.0 Å². The summed E-state index contributed by atoms with van der Waals surface area (Å²) < 4.78 is 37.5. The molecular formula is C12H18N2O4S. The second-order valence-corrected chi connectivity index (χ2v) is 6.05. The Morgan fingerprint density at radius 3 is 2.79 bits per heavy atom. The third-order valence-corrected chi connectivity index (χ3v) is 4.61. The number of ether oxygens (including phenoxy) is 2. The molecule has 1 aromatic carbocycles. The van der Waals surface area contributed by atoms with Gasteiger partial charge in [-0.1, -0.05) is 6.07 Å². The summed E-state index contributed by atoms with van der Waals surface area (Å²) in [6, 6.07) is 6.12. The maximum absolute atomic E-state index is 12.3. The second kappa shape index (κ2) is 5.87. The molecule has 0 aromatic heterocycles. The minimum Gasteiger partial charge on any atom is -0.497 e. The van der Waals surface area contributed by atoms with Crippen molar-refractivity contribution in [3.8, 4) is 5.75 Å². The summed E-state index contributed by atoms with van der Waals surface area (Å²) in [7, 11) is -0.494. The van der Waals surface area contributed by atoms with Crippen LogP contribution in [-0.4, -0.2) is 47.9 Å². The average molecular weight is 286 g/mol. The van der Waals surface area contributed by atoms with E-state index >= 15 is 0 Å². The highest BCUT2D eigenvalue weighted by Gasteiger charge is 2.31. The van der Waals surface area contributed by atoms with Crippen molar-refractivity contribution < 1.29 is 17.9 Å². The lowest BCUT2D eigenvalue weighted by atomic mass is 10.2. The SMILES string of the molecule is COc1cccc(S(=O)(=O)NC2CNC[C@@H]2OC)c1. The number of hydrogen-bond acceptors (Lipinski definition) is 5. The molecular weight excluding hydrogens is 268 g/mol. The molecule has 2 N–H and O–H groups in total. The van der Waals surface area contributed by atoms with Gasteiger partial charge in [-0.25, -0.2) is 13.1 Å². The molecule has 6 nitrogen and oxygen atoms in total.